The van der Waals surface area contributed by atoms with Gasteiger partial charge in [0.2, 0.25) is 22.3 Å². The van der Waals surface area contributed by atoms with Crippen molar-refractivity contribution in [2.75, 3.05) is 28.6 Å². The van der Waals surface area contributed by atoms with Crippen molar-refractivity contribution in [2.45, 2.75) is 45.4 Å². The minimum Gasteiger partial charge on any atom is -0.397 e. The van der Waals surface area contributed by atoms with Crippen molar-refractivity contribution >= 4 is 220 Å². The second-order valence-electron chi connectivity index (χ2n) is 14.2. The fourth-order valence-electron chi connectivity index (χ4n) is 6.35. The molecule has 0 spiro atoms. The van der Waals surface area contributed by atoms with Crippen molar-refractivity contribution in [3.63, 3.8) is 0 Å². The second-order valence-corrected chi connectivity index (χ2v) is 21.8. The molecule has 0 saturated carbocycles. The highest BCUT2D eigenvalue weighted by molar-refractivity contribution is 14.2. The van der Waals surface area contributed by atoms with Crippen molar-refractivity contribution in [2.24, 2.45) is 0 Å². The molecule has 20 heteroatoms. The summed E-state index contributed by atoms with van der Waals surface area (Å²) >= 11 is 26.3. The molecule has 13 nitrogen and oxygen atoms in total. The number of alkyl halides is 5. The summed E-state index contributed by atoms with van der Waals surface area (Å²) in [5, 5.41) is 5.19. The minimum atomic E-state index is -0.423. The Morgan fingerprint density at radius 1 is 0.457 bits per heavy atom. The van der Waals surface area contributed by atoms with Gasteiger partial charge >= 0.3 is 0 Å². The minimum absolute atomic E-state index is 0.183. The van der Waals surface area contributed by atoms with E-state index in [2.05, 4.69) is 115 Å². The van der Waals surface area contributed by atoms with E-state index < -0.39 is 10.5 Å². The van der Waals surface area contributed by atoms with E-state index in [1.807, 2.05) is 127 Å². The zero-order valence-corrected chi connectivity index (χ0v) is 47.0. The van der Waals surface area contributed by atoms with E-state index in [0.717, 1.165) is 44.1 Å². The van der Waals surface area contributed by atoms with Crippen LogP contribution in [0.2, 0.25) is 0 Å². The molecule has 0 atom stereocenters. The first-order chi connectivity index (χ1) is 33.8. The van der Waals surface area contributed by atoms with Crippen LogP contribution in [0.4, 0.5) is 17.1 Å². The number of halogens is 7. The van der Waals surface area contributed by atoms with Gasteiger partial charge in [0.1, 0.15) is 16.6 Å². The summed E-state index contributed by atoms with van der Waals surface area (Å²) in [5.41, 5.74) is 16.9. The van der Waals surface area contributed by atoms with Gasteiger partial charge in [-0.05, 0) is 113 Å². The summed E-state index contributed by atoms with van der Waals surface area (Å²) in [5.74, 6) is -0.365. The average Bonchev–Trinajstić information content (AvgIpc) is 3.33. The molecule has 0 aliphatic heterocycles. The Kier molecular flexibility index (Phi) is 26.4. The van der Waals surface area contributed by atoms with Gasteiger partial charge in [0.25, 0.3) is 0 Å². The molecule has 0 unspecified atom stereocenters. The van der Waals surface area contributed by atoms with Crippen LogP contribution in [0.5, 0.6) is 0 Å². The number of hydrogen-bond donors (Lipinski definition) is 3. The van der Waals surface area contributed by atoms with E-state index in [1.165, 1.54) is 6.86 Å². The van der Waals surface area contributed by atoms with Crippen LogP contribution >= 0.6 is 114 Å². The number of carbonyl (C=O) groups excluding carboxylic acids is 4. The molecule has 9 aromatic rings. The largest absolute Gasteiger partial charge is 0.397 e. The van der Waals surface area contributed by atoms with E-state index in [-0.39, 0.29) is 42.8 Å². The Morgan fingerprint density at radius 3 is 1.07 bits per heavy atom. The third kappa shape index (κ3) is 18.9. The standard InChI is InChI=1S/C29H22N6O2.C12H9N3.C5H6Cl2O2.C2H5I.CH2Cl2.CH2I2/c36-26(32-24-14-5-12-22-28(24)34-20-10-3-1-8-18(20)30-22)16-7-17-27(37)33-25-15-6-13-23-29(25)35-21-11-4-2-9-19(21)31-23;13-8-4-3-7-11-12(8)15-10-6-2-1-5-9(10)14-11;6-4(8)2-1-3-5(7)9;1-2-3;2*2-1-3/h1-6,8-15H,7,16-17H2,(H,32,36)(H,33,37);1-7H,13H2;1-3H2;2H2,1H3;2*1H2. The van der Waals surface area contributed by atoms with Crippen LogP contribution in [0, 0.1) is 0 Å². The lowest BCUT2D eigenvalue weighted by molar-refractivity contribution is -0.117. The van der Waals surface area contributed by atoms with Crippen LogP contribution in [-0.2, 0) is 19.2 Å². The molecule has 0 fully saturated rings. The summed E-state index contributed by atoms with van der Waals surface area (Å²) in [6.45, 7) is 2.11. The van der Waals surface area contributed by atoms with E-state index >= 15 is 0 Å². The SMILES string of the molecule is CCI.ClCCl.ICI.Nc1cccc2nc3ccccc3nc12.O=C(CCCC(=O)Nc1cccc2nc3ccccc3nc12)Nc1cccc2nc3ccccc3nc12.O=C(Cl)CCCC(=O)Cl. The number of rotatable bonds is 10. The number of anilines is 3. The molecule has 70 heavy (non-hydrogen) atoms. The summed E-state index contributed by atoms with van der Waals surface area (Å²) in [7, 11) is 0. The monoisotopic (exact) mass is 1360 g/mol. The highest BCUT2D eigenvalue weighted by Crippen LogP contribution is 2.25. The molecule has 4 N–H and O–H groups in total. The normalized spacial score (nSPS) is 10.2. The quantitative estimate of drug-likeness (QED) is 0.0387. The number of nitrogen functional groups attached to an aromatic ring is 1. The summed E-state index contributed by atoms with van der Waals surface area (Å²) in [6, 6.07) is 39.7. The highest BCUT2D eigenvalue weighted by Gasteiger charge is 2.13. The number of para-hydroxylation sites is 9. The van der Waals surface area contributed by atoms with E-state index in [9.17, 15) is 19.2 Å². The van der Waals surface area contributed by atoms with Crippen molar-refractivity contribution in [3.8, 4) is 0 Å². The summed E-state index contributed by atoms with van der Waals surface area (Å²) in [6.07, 6.45) is 1.69. The van der Waals surface area contributed by atoms with E-state index in [0.29, 0.717) is 52.0 Å². The van der Waals surface area contributed by atoms with Crippen LogP contribution in [0.15, 0.2) is 127 Å². The van der Waals surface area contributed by atoms with Crippen LogP contribution in [0.3, 0.4) is 0 Å². The van der Waals surface area contributed by atoms with E-state index in [1.54, 1.807) is 0 Å². The average molecular weight is 1360 g/mol. The Bertz CT molecular complexity index is 3030. The van der Waals surface area contributed by atoms with Crippen molar-refractivity contribution in [1.82, 2.24) is 29.9 Å². The van der Waals surface area contributed by atoms with Crippen LogP contribution in [-0.4, -0.2) is 64.4 Å². The van der Waals surface area contributed by atoms with Gasteiger partial charge in [-0.25, -0.2) is 29.9 Å². The molecule has 0 aliphatic rings. The maximum Gasteiger partial charge on any atom is 0.224 e. The zero-order chi connectivity index (χ0) is 50.8. The number of aromatic nitrogens is 6. The predicted molar refractivity (Wildman–Crippen MR) is 316 cm³/mol. The molecule has 0 aliphatic carbocycles. The lowest BCUT2D eigenvalue weighted by atomic mass is 10.2. The maximum atomic E-state index is 12.6. The second kappa shape index (κ2) is 31.8. The lowest BCUT2D eigenvalue weighted by Gasteiger charge is -2.10. The molecule has 0 radical (unpaired) electrons. The molecule has 0 bridgehead atoms. The number of nitrogens with zero attached hydrogens (tertiary/aromatic N) is 6. The topological polar surface area (TPSA) is 196 Å². The van der Waals surface area contributed by atoms with Crippen molar-refractivity contribution in [3.05, 3.63) is 127 Å². The van der Waals surface area contributed by atoms with Gasteiger partial charge in [-0.1, -0.05) is 129 Å². The third-order valence-corrected chi connectivity index (χ3v) is 9.62. The fourth-order valence-corrected chi connectivity index (χ4v) is 6.62. The van der Waals surface area contributed by atoms with Gasteiger partial charge in [-0.3, -0.25) is 19.2 Å². The Labute approximate surface area is 465 Å². The maximum absolute atomic E-state index is 12.6. The Hall–Kier alpha value is -4.45. The number of nitrogens with two attached hydrogens (primary N) is 1. The fraction of sp³-hybridized carbons (Fsp3) is 0.200. The molecular formula is C50H46Cl4I3N9O4. The highest BCUT2D eigenvalue weighted by atomic mass is 127. The zero-order valence-electron chi connectivity index (χ0n) is 37.5. The van der Waals surface area contributed by atoms with Crippen LogP contribution in [0.1, 0.15) is 45.4 Å². The molecule has 3 aromatic heterocycles. The Balaban J connectivity index is 0.000000263. The lowest BCUT2D eigenvalue weighted by Crippen LogP contribution is -2.15. The van der Waals surface area contributed by atoms with Crippen molar-refractivity contribution in [1.29, 1.82) is 0 Å². The molecular weight excluding hydrogens is 1310 g/mol. The molecule has 0 saturated heterocycles. The van der Waals surface area contributed by atoms with Crippen molar-refractivity contribution < 1.29 is 19.2 Å². The number of hydrogen-bond acceptors (Lipinski definition) is 11. The number of nitrogens with one attached hydrogen (secondary N) is 2. The number of amides is 2. The first-order valence-electron chi connectivity index (χ1n) is 21.3. The van der Waals surface area contributed by atoms with Gasteiger partial charge in [-0.2, -0.15) is 0 Å². The number of carbonyl (C=O) groups is 4. The summed E-state index contributed by atoms with van der Waals surface area (Å²) in [4.78, 5) is 73.0. The van der Waals surface area contributed by atoms with Gasteiger partial charge in [0.15, 0.2) is 0 Å². The smallest absolute Gasteiger partial charge is 0.224 e. The predicted octanol–water partition coefficient (Wildman–Crippen LogP) is 14.4. The molecule has 2 amide bonds. The molecule has 6 aromatic carbocycles. The molecule has 9 rings (SSSR count). The first kappa shape index (κ1) is 58.1. The molecule has 3 heterocycles. The Morgan fingerprint density at radius 2 is 0.729 bits per heavy atom. The number of benzene rings is 6. The van der Waals surface area contributed by atoms with E-state index in [4.69, 9.17) is 52.1 Å². The van der Waals surface area contributed by atoms with Crippen LogP contribution in [0.25, 0.3) is 66.2 Å². The third-order valence-electron chi connectivity index (χ3n) is 9.24. The van der Waals surface area contributed by atoms with Gasteiger partial charge < -0.3 is 16.4 Å². The van der Waals surface area contributed by atoms with Crippen LogP contribution < -0.4 is 16.4 Å². The number of fused-ring (bicyclic) bond motifs is 6. The van der Waals surface area contributed by atoms with Gasteiger partial charge in [0, 0.05) is 25.7 Å². The van der Waals surface area contributed by atoms with Gasteiger partial charge in [0.05, 0.1) is 74.5 Å². The molecule has 364 valence electrons. The van der Waals surface area contributed by atoms with Gasteiger partial charge in [-0.15, -0.1) is 23.2 Å². The summed E-state index contributed by atoms with van der Waals surface area (Å²) < 4.78 is 2.41. The first-order valence-corrected chi connectivity index (χ1v) is 27.7.